The monoisotopic (exact) mass is 287 g/mol. The zero-order chi connectivity index (χ0) is 14.4. The topological polar surface area (TPSA) is 12.0 Å². The van der Waals surface area contributed by atoms with Crippen molar-refractivity contribution in [2.24, 2.45) is 0 Å². The minimum Gasteiger partial charge on any atom is -0.306 e. The predicted octanol–water partition coefficient (Wildman–Crippen LogP) is 4.61. The lowest BCUT2D eigenvalue weighted by Crippen LogP contribution is -2.24. The summed E-state index contributed by atoms with van der Waals surface area (Å²) in [5, 5.41) is 3.64. The molecule has 0 aliphatic rings. The van der Waals surface area contributed by atoms with Crippen LogP contribution in [0.1, 0.15) is 34.7 Å². The molecule has 1 nitrogen and oxygen atoms in total. The third-order valence-corrected chi connectivity index (χ3v) is 3.80. The Bertz CT molecular complexity index is 536. The first kappa shape index (κ1) is 15.1. The average molecular weight is 288 g/mol. The van der Waals surface area contributed by atoms with E-state index in [1.165, 1.54) is 22.3 Å². The van der Waals surface area contributed by atoms with Gasteiger partial charge in [-0.1, -0.05) is 54.1 Å². The van der Waals surface area contributed by atoms with Gasteiger partial charge < -0.3 is 5.32 Å². The third-order valence-electron chi connectivity index (χ3n) is 3.54. The largest absolute Gasteiger partial charge is 0.306 e. The number of hydrogen-bond acceptors (Lipinski definition) is 1. The highest BCUT2D eigenvalue weighted by atomic mass is 35.5. The molecule has 1 atom stereocenters. The van der Waals surface area contributed by atoms with Crippen molar-refractivity contribution in [1.82, 2.24) is 5.32 Å². The van der Waals surface area contributed by atoms with Crippen LogP contribution in [-0.4, -0.2) is 12.4 Å². The van der Waals surface area contributed by atoms with Gasteiger partial charge in [0, 0.05) is 5.88 Å². The maximum atomic E-state index is 5.79. The van der Waals surface area contributed by atoms with E-state index in [2.05, 4.69) is 67.7 Å². The van der Waals surface area contributed by atoms with Crippen LogP contribution in [0.25, 0.3) is 0 Å². The number of benzene rings is 2. The van der Waals surface area contributed by atoms with E-state index < -0.39 is 0 Å². The van der Waals surface area contributed by atoms with E-state index in [-0.39, 0.29) is 6.04 Å². The van der Waals surface area contributed by atoms with Gasteiger partial charge in [-0.05, 0) is 43.5 Å². The molecule has 1 N–H and O–H groups in total. The van der Waals surface area contributed by atoms with Gasteiger partial charge in [0.25, 0.3) is 0 Å². The second-order valence-corrected chi connectivity index (χ2v) is 5.58. The molecule has 0 radical (unpaired) electrons. The summed E-state index contributed by atoms with van der Waals surface area (Å²) in [4.78, 5) is 0. The second kappa shape index (κ2) is 7.47. The predicted molar refractivity (Wildman–Crippen MR) is 87.5 cm³/mol. The summed E-state index contributed by atoms with van der Waals surface area (Å²) in [7, 11) is 0. The molecular weight excluding hydrogens is 266 g/mol. The van der Waals surface area contributed by atoms with E-state index >= 15 is 0 Å². The van der Waals surface area contributed by atoms with Crippen LogP contribution in [0.3, 0.4) is 0 Å². The van der Waals surface area contributed by atoms with Crippen LogP contribution in [-0.2, 0) is 0 Å². The van der Waals surface area contributed by atoms with E-state index in [0.717, 1.165) is 13.0 Å². The van der Waals surface area contributed by atoms with E-state index in [9.17, 15) is 0 Å². The number of alkyl halides is 1. The summed E-state index contributed by atoms with van der Waals surface area (Å²) >= 11 is 5.79. The lowest BCUT2D eigenvalue weighted by Gasteiger charge is -2.22. The fourth-order valence-corrected chi connectivity index (χ4v) is 2.57. The zero-order valence-corrected chi connectivity index (χ0v) is 13.0. The van der Waals surface area contributed by atoms with Crippen LogP contribution in [0.2, 0.25) is 0 Å². The van der Waals surface area contributed by atoms with Crippen molar-refractivity contribution in [2.45, 2.75) is 26.3 Å². The highest BCUT2D eigenvalue weighted by Crippen LogP contribution is 2.25. The Morgan fingerprint density at radius 1 is 1.05 bits per heavy atom. The molecule has 0 aromatic heterocycles. The Balaban J connectivity index is 2.33. The lowest BCUT2D eigenvalue weighted by molar-refractivity contribution is 0.597. The first-order valence-electron chi connectivity index (χ1n) is 7.14. The Morgan fingerprint density at radius 2 is 1.80 bits per heavy atom. The summed E-state index contributed by atoms with van der Waals surface area (Å²) in [6.45, 7) is 5.24. The molecule has 0 aliphatic carbocycles. The number of nitrogens with one attached hydrogen (secondary N) is 1. The summed E-state index contributed by atoms with van der Waals surface area (Å²) < 4.78 is 0. The molecule has 20 heavy (non-hydrogen) atoms. The molecule has 2 rings (SSSR count). The van der Waals surface area contributed by atoms with Gasteiger partial charge in [-0.3, -0.25) is 0 Å². The molecule has 0 saturated carbocycles. The summed E-state index contributed by atoms with van der Waals surface area (Å²) in [5.41, 5.74) is 5.27. The van der Waals surface area contributed by atoms with Gasteiger partial charge >= 0.3 is 0 Å². The van der Waals surface area contributed by atoms with Crippen molar-refractivity contribution in [3.63, 3.8) is 0 Å². The van der Waals surface area contributed by atoms with Crippen molar-refractivity contribution in [2.75, 3.05) is 12.4 Å². The molecule has 1 unspecified atom stereocenters. The molecule has 0 fully saturated rings. The Morgan fingerprint density at radius 3 is 2.50 bits per heavy atom. The molecule has 2 aromatic carbocycles. The van der Waals surface area contributed by atoms with Gasteiger partial charge in [0.05, 0.1) is 6.04 Å². The summed E-state index contributed by atoms with van der Waals surface area (Å²) in [6.07, 6.45) is 0.982. The highest BCUT2D eigenvalue weighted by molar-refractivity contribution is 6.17. The minimum absolute atomic E-state index is 0.235. The molecule has 2 aromatic rings. The van der Waals surface area contributed by atoms with E-state index in [1.807, 2.05) is 0 Å². The molecule has 0 amide bonds. The van der Waals surface area contributed by atoms with E-state index in [4.69, 9.17) is 11.6 Å². The second-order valence-electron chi connectivity index (χ2n) is 5.20. The molecule has 106 valence electrons. The number of aryl methyl sites for hydroxylation is 2. The van der Waals surface area contributed by atoms with Gasteiger partial charge in [-0.25, -0.2) is 0 Å². The van der Waals surface area contributed by atoms with Crippen LogP contribution in [0.5, 0.6) is 0 Å². The van der Waals surface area contributed by atoms with Gasteiger partial charge in [0.1, 0.15) is 0 Å². The van der Waals surface area contributed by atoms with Crippen LogP contribution >= 0.6 is 11.6 Å². The third kappa shape index (κ3) is 3.84. The number of rotatable bonds is 6. The zero-order valence-electron chi connectivity index (χ0n) is 12.2. The van der Waals surface area contributed by atoms with E-state index in [1.54, 1.807) is 0 Å². The van der Waals surface area contributed by atoms with Gasteiger partial charge in [0.2, 0.25) is 0 Å². The van der Waals surface area contributed by atoms with Crippen LogP contribution < -0.4 is 5.32 Å². The first-order chi connectivity index (χ1) is 9.72. The quantitative estimate of drug-likeness (QED) is 0.604. The molecule has 0 heterocycles. The molecule has 0 bridgehead atoms. The molecule has 0 saturated heterocycles. The van der Waals surface area contributed by atoms with Crippen molar-refractivity contribution < 1.29 is 0 Å². The van der Waals surface area contributed by atoms with Crippen molar-refractivity contribution in [3.05, 3.63) is 70.8 Å². The molecule has 2 heteroatoms. The average Bonchev–Trinajstić information content (AvgIpc) is 2.48. The summed E-state index contributed by atoms with van der Waals surface area (Å²) in [5.74, 6) is 0.696. The molecule has 0 aliphatic heterocycles. The van der Waals surface area contributed by atoms with Crippen LogP contribution in [0, 0.1) is 13.8 Å². The van der Waals surface area contributed by atoms with Crippen molar-refractivity contribution in [1.29, 1.82) is 0 Å². The number of halogens is 1. The van der Waals surface area contributed by atoms with Gasteiger partial charge in [0.15, 0.2) is 0 Å². The Hall–Kier alpha value is -1.31. The van der Waals surface area contributed by atoms with Crippen molar-refractivity contribution in [3.8, 4) is 0 Å². The normalized spacial score (nSPS) is 12.3. The Labute approximate surface area is 127 Å². The van der Waals surface area contributed by atoms with Crippen LogP contribution in [0.15, 0.2) is 48.5 Å². The smallest absolute Gasteiger partial charge is 0.0579 e. The maximum Gasteiger partial charge on any atom is 0.0579 e. The molecular formula is C18H22ClN. The Kier molecular flexibility index (Phi) is 5.63. The SMILES string of the molecule is Cc1ccc(C)c(C(NCCCCl)c2ccccc2)c1. The fourth-order valence-electron chi connectivity index (χ4n) is 2.44. The van der Waals surface area contributed by atoms with E-state index in [0.29, 0.717) is 5.88 Å². The van der Waals surface area contributed by atoms with Gasteiger partial charge in [-0.2, -0.15) is 0 Å². The lowest BCUT2D eigenvalue weighted by atomic mass is 9.93. The minimum atomic E-state index is 0.235. The number of hydrogen-bond donors (Lipinski definition) is 1. The summed E-state index contributed by atoms with van der Waals surface area (Å²) in [6, 6.07) is 17.5. The first-order valence-corrected chi connectivity index (χ1v) is 7.67. The van der Waals surface area contributed by atoms with Gasteiger partial charge in [-0.15, -0.1) is 11.6 Å². The molecule has 0 spiro atoms. The van der Waals surface area contributed by atoms with Crippen molar-refractivity contribution >= 4 is 11.6 Å². The van der Waals surface area contributed by atoms with Crippen LogP contribution in [0.4, 0.5) is 0 Å². The standard InChI is InChI=1S/C18H22ClN/c1-14-9-10-15(2)17(13-14)18(20-12-6-11-19)16-7-4-3-5-8-16/h3-5,7-10,13,18,20H,6,11-12H2,1-2H3. The maximum absolute atomic E-state index is 5.79. The fraction of sp³-hybridized carbons (Fsp3) is 0.333. The highest BCUT2D eigenvalue weighted by Gasteiger charge is 2.15.